The molecule has 1 aromatic carbocycles. The lowest BCUT2D eigenvalue weighted by molar-refractivity contribution is -0.139. The highest BCUT2D eigenvalue weighted by Crippen LogP contribution is 2.47. The number of carboxylic acid groups (broad SMARTS) is 1. The van der Waals surface area contributed by atoms with Crippen molar-refractivity contribution in [2.75, 3.05) is 0 Å². The lowest BCUT2D eigenvalue weighted by Crippen LogP contribution is -2.14. The average Bonchev–Trinajstić information content (AvgIpc) is 3.12. The van der Waals surface area contributed by atoms with E-state index < -0.39 is 11.9 Å². The van der Waals surface area contributed by atoms with E-state index in [0.29, 0.717) is 24.7 Å². The SMILES string of the molecule is C#CCc1ccc(CC2CC2CC(C(=O)O)c2ccccc2C)o1. The number of hydrogen-bond donors (Lipinski definition) is 1. The van der Waals surface area contributed by atoms with Crippen molar-refractivity contribution in [3.63, 3.8) is 0 Å². The van der Waals surface area contributed by atoms with Crippen LogP contribution in [0.4, 0.5) is 0 Å². The molecule has 1 fully saturated rings. The Morgan fingerprint density at radius 3 is 2.75 bits per heavy atom. The topological polar surface area (TPSA) is 50.4 Å². The Morgan fingerprint density at radius 2 is 2.04 bits per heavy atom. The molecule has 1 saturated carbocycles. The van der Waals surface area contributed by atoms with Crippen molar-refractivity contribution in [1.82, 2.24) is 0 Å². The fourth-order valence-corrected chi connectivity index (χ4v) is 3.48. The number of benzene rings is 1. The maximum atomic E-state index is 11.7. The zero-order valence-electron chi connectivity index (χ0n) is 13.9. The molecule has 3 atom stereocenters. The van der Waals surface area contributed by atoms with E-state index in [1.54, 1.807) is 0 Å². The van der Waals surface area contributed by atoms with Crippen molar-refractivity contribution >= 4 is 5.97 Å². The Labute approximate surface area is 142 Å². The molecule has 3 unspecified atom stereocenters. The van der Waals surface area contributed by atoms with Gasteiger partial charge in [0.15, 0.2) is 0 Å². The lowest BCUT2D eigenvalue weighted by Gasteiger charge is -2.15. The number of aryl methyl sites for hydroxylation is 1. The van der Waals surface area contributed by atoms with Gasteiger partial charge in [-0.05, 0) is 54.9 Å². The number of terminal acetylenes is 1. The average molecular weight is 322 g/mol. The van der Waals surface area contributed by atoms with Gasteiger partial charge < -0.3 is 9.52 Å². The Bertz CT molecular complexity index is 765. The van der Waals surface area contributed by atoms with Crippen LogP contribution in [0.2, 0.25) is 0 Å². The largest absolute Gasteiger partial charge is 0.481 e. The van der Waals surface area contributed by atoms with E-state index in [1.165, 1.54) is 0 Å². The van der Waals surface area contributed by atoms with Crippen molar-refractivity contribution < 1.29 is 14.3 Å². The van der Waals surface area contributed by atoms with Crippen molar-refractivity contribution in [3.05, 3.63) is 59.0 Å². The molecule has 124 valence electrons. The highest BCUT2D eigenvalue weighted by Gasteiger charge is 2.41. The van der Waals surface area contributed by atoms with Gasteiger partial charge in [0.25, 0.3) is 0 Å². The number of furan rings is 1. The van der Waals surface area contributed by atoms with Crippen LogP contribution >= 0.6 is 0 Å². The van der Waals surface area contributed by atoms with Crippen LogP contribution < -0.4 is 0 Å². The Hall–Kier alpha value is -2.47. The van der Waals surface area contributed by atoms with Crippen LogP contribution in [0, 0.1) is 31.1 Å². The molecule has 1 aliphatic rings. The van der Waals surface area contributed by atoms with E-state index in [9.17, 15) is 9.90 Å². The summed E-state index contributed by atoms with van der Waals surface area (Å²) in [5, 5.41) is 9.63. The summed E-state index contributed by atoms with van der Waals surface area (Å²) < 4.78 is 5.72. The van der Waals surface area contributed by atoms with E-state index >= 15 is 0 Å². The normalized spacial score (nSPS) is 20.3. The molecule has 0 bridgehead atoms. The quantitative estimate of drug-likeness (QED) is 0.777. The molecule has 2 aromatic rings. The minimum atomic E-state index is -0.732. The molecule has 1 aliphatic carbocycles. The third-order valence-corrected chi connectivity index (χ3v) is 4.93. The van der Waals surface area contributed by atoms with Crippen LogP contribution in [-0.4, -0.2) is 11.1 Å². The van der Waals surface area contributed by atoms with E-state index in [2.05, 4.69) is 5.92 Å². The van der Waals surface area contributed by atoms with Crippen LogP contribution in [0.1, 0.15) is 41.4 Å². The molecule has 24 heavy (non-hydrogen) atoms. The molecule has 1 aromatic heterocycles. The third kappa shape index (κ3) is 3.71. The van der Waals surface area contributed by atoms with Gasteiger partial charge in [0.1, 0.15) is 11.5 Å². The number of hydrogen-bond acceptors (Lipinski definition) is 2. The number of carboxylic acids is 1. The van der Waals surface area contributed by atoms with Crippen LogP contribution in [0.3, 0.4) is 0 Å². The van der Waals surface area contributed by atoms with Gasteiger partial charge in [-0.2, -0.15) is 0 Å². The number of aliphatic carboxylic acids is 1. The number of rotatable bonds is 7. The van der Waals surface area contributed by atoms with Gasteiger partial charge in [0.2, 0.25) is 0 Å². The van der Waals surface area contributed by atoms with Crippen LogP contribution in [0.25, 0.3) is 0 Å². The summed E-state index contributed by atoms with van der Waals surface area (Å²) in [4.78, 5) is 11.7. The first-order chi connectivity index (χ1) is 11.6. The maximum absolute atomic E-state index is 11.7. The predicted molar refractivity (Wildman–Crippen MR) is 92.7 cm³/mol. The molecule has 0 radical (unpaired) electrons. The molecule has 3 nitrogen and oxygen atoms in total. The van der Waals surface area contributed by atoms with Gasteiger partial charge in [-0.25, -0.2) is 0 Å². The molecular formula is C21H22O3. The third-order valence-electron chi connectivity index (χ3n) is 4.93. The summed E-state index contributed by atoms with van der Waals surface area (Å²) in [6.45, 7) is 1.98. The molecule has 1 heterocycles. The van der Waals surface area contributed by atoms with Gasteiger partial charge in [-0.3, -0.25) is 4.79 Å². The Kier molecular flexibility index (Phi) is 4.76. The van der Waals surface area contributed by atoms with Crippen molar-refractivity contribution in [1.29, 1.82) is 0 Å². The van der Waals surface area contributed by atoms with E-state index in [1.807, 2.05) is 43.3 Å². The van der Waals surface area contributed by atoms with Crippen LogP contribution in [0.15, 0.2) is 40.8 Å². The standard InChI is InChI=1S/C21H22O3/c1-3-6-17-9-10-18(24-17)12-15-11-16(15)13-20(21(22)23)19-8-5-4-7-14(19)2/h1,4-5,7-10,15-16,20H,6,11-13H2,2H3,(H,22,23). The molecule has 0 amide bonds. The number of carbonyl (C=O) groups is 1. The van der Waals surface area contributed by atoms with Gasteiger partial charge >= 0.3 is 5.97 Å². The summed E-state index contributed by atoms with van der Waals surface area (Å²) in [5.74, 6) is 4.17. The zero-order valence-corrected chi connectivity index (χ0v) is 13.9. The summed E-state index contributed by atoms with van der Waals surface area (Å²) in [6, 6.07) is 11.7. The van der Waals surface area contributed by atoms with Crippen molar-refractivity contribution in [2.24, 2.45) is 11.8 Å². The van der Waals surface area contributed by atoms with Crippen molar-refractivity contribution in [2.45, 2.75) is 38.5 Å². The molecule has 0 saturated heterocycles. The van der Waals surface area contributed by atoms with Gasteiger partial charge in [0.05, 0.1) is 12.3 Å². The van der Waals surface area contributed by atoms with E-state index in [0.717, 1.165) is 35.5 Å². The molecule has 0 spiro atoms. The first-order valence-corrected chi connectivity index (χ1v) is 8.38. The molecule has 0 aliphatic heterocycles. The minimum Gasteiger partial charge on any atom is -0.481 e. The van der Waals surface area contributed by atoms with E-state index in [-0.39, 0.29) is 0 Å². The Morgan fingerprint density at radius 1 is 1.29 bits per heavy atom. The summed E-state index contributed by atoms with van der Waals surface area (Å²) in [7, 11) is 0. The van der Waals surface area contributed by atoms with Gasteiger partial charge in [-0.15, -0.1) is 6.42 Å². The minimum absolute atomic E-state index is 0.421. The van der Waals surface area contributed by atoms with Crippen molar-refractivity contribution in [3.8, 4) is 12.3 Å². The highest BCUT2D eigenvalue weighted by molar-refractivity contribution is 5.76. The van der Waals surface area contributed by atoms with Crippen LogP contribution in [0.5, 0.6) is 0 Å². The van der Waals surface area contributed by atoms with Crippen LogP contribution in [-0.2, 0) is 17.6 Å². The first kappa shape index (κ1) is 16.4. The zero-order chi connectivity index (χ0) is 17.1. The second-order valence-corrected chi connectivity index (χ2v) is 6.69. The molecule has 3 rings (SSSR count). The smallest absolute Gasteiger partial charge is 0.310 e. The predicted octanol–water partition coefficient (Wildman–Crippen LogP) is 4.20. The monoisotopic (exact) mass is 322 g/mol. The van der Waals surface area contributed by atoms with Gasteiger partial charge in [-0.1, -0.05) is 30.2 Å². The summed E-state index contributed by atoms with van der Waals surface area (Å²) in [5.41, 5.74) is 1.98. The summed E-state index contributed by atoms with van der Waals surface area (Å²) >= 11 is 0. The maximum Gasteiger partial charge on any atom is 0.310 e. The second kappa shape index (κ2) is 6.97. The van der Waals surface area contributed by atoms with Gasteiger partial charge in [0, 0.05) is 6.42 Å². The highest BCUT2D eigenvalue weighted by atomic mass is 16.4. The Balaban J connectivity index is 1.61. The van der Waals surface area contributed by atoms with E-state index in [4.69, 9.17) is 10.8 Å². The molecule has 1 N–H and O–H groups in total. The fourth-order valence-electron chi connectivity index (χ4n) is 3.48. The first-order valence-electron chi connectivity index (χ1n) is 8.38. The summed E-state index contributed by atoms with van der Waals surface area (Å²) in [6.07, 6.45) is 8.44. The molecule has 3 heteroatoms. The lowest BCUT2D eigenvalue weighted by atomic mass is 9.89. The molecular weight excluding hydrogens is 300 g/mol. The fraction of sp³-hybridized carbons (Fsp3) is 0.381. The second-order valence-electron chi connectivity index (χ2n) is 6.69.